The van der Waals surface area contributed by atoms with Crippen molar-refractivity contribution in [3.05, 3.63) is 35.9 Å². The van der Waals surface area contributed by atoms with E-state index in [-0.39, 0.29) is 29.9 Å². The zero-order chi connectivity index (χ0) is 17.1. The van der Waals surface area contributed by atoms with E-state index in [0.717, 1.165) is 24.9 Å². The fourth-order valence-electron chi connectivity index (χ4n) is 3.71. The minimum absolute atomic E-state index is 0.0143. The zero-order valence-corrected chi connectivity index (χ0v) is 14.5. The smallest absolute Gasteiger partial charge is 0.227 e. The minimum Gasteiger partial charge on any atom is -0.367 e. The highest BCUT2D eigenvalue weighted by molar-refractivity contribution is 5.81. The van der Waals surface area contributed by atoms with Crippen molar-refractivity contribution < 1.29 is 14.3 Å². The molecule has 5 nitrogen and oxygen atoms in total. The Morgan fingerprint density at radius 1 is 1.08 bits per heavy atom. The summed E-state index contributed by atoms with van der Waals surface area (Å²) in [4.78, 5) is 28.3. The van der Waals surface area contributed by atoms with E-state index in [2.05, 4.69) is 0 Å². The van der Waals surface area contributed by atoms with Gasteiger partial charge in [-0.15, -0.1) is 0 Å². The lowest BCUT2D eigenvalue weighted by molar-refractivity contribution is -0.151. The van der Waals surface area contributed by atoms with Gasteiger partial charge >= 0.3 is 0 Å². The highest BCUT2D eigenvalue weighted by atomic mass is 16.5. The highest BCUT2D eigenvalue weighted by Gasteiger charge is 2.35. The Morgan fingerprint density at radius 3 is 2.54 bits per heavy atom. The minimum atomic E-state index is -0.0793. The number of rotatable bonds is 2. The molecule has 2 heterocycles. The van der Waals surface area contributed by atoms with Gasteiger partial charge in [0, 0.05) is 26.6 Å². The maximum Gasteiger partial charge on any atom is 0.227 e. The second-order valence-corrected chi connectivity index (χ2v) is 6.89. The Morgan fingerprint density at radius 2 is 1.83 bits per heavy atom. The van der Waals surface area contributed by atoms with Gasteiger partial charge in [-0.05, 0) is 25.3 Å². The van der Waals surface area contributed by atoms with Crippen molar-refractivity contribution >= 4 is 11.8 Å². The summed E-state index contributed by atoms with van der Waals surface area (Å²) in [6, 6.07) is 10.1. The SMILES string of the molecule is CC(=O)N1CCCC(C(=O)N2CC(C)OC(c3ccccc3)C2)C1. The largest absolute Gasteiger partial charge is 0.367 e. The van der Waals surface area contributed by atoms with Gasteiger partial charge in [-0.2, -0.15) is 0 Å². The summed E-state index contributed by atoms with van der Waals surface area (Å²) >= 11 is 0. The Kier molecular flexibility index (Phi) is 5.19. The molecule has 0 aromatic heterocycles. The van der Waals surface area contributed by atoms with Crippen LogP contribution >= 0.6 is 0 Å². The summed E-state index contributed by atoms with van der Waals surface area (Å²) in [7, 11) is 0. The third kappa shape index (κ3) is 3.78. The van der Waals surface area contributed by atoms with Crippen molar-refractivity contribution in [2.45, 2.75) is 38.9 Å². The number of nitrogens with zero attached hydrogens (tertiary/aromatic N) is 2. The number of hydrogen-bond donors (Lipinski definition) is 0. The summed E-state index contributed by atoms with van der Waals surface area (Å²) in [5.41, 5.74) is 1.11. The predicted octanol–water partition coefficient (Wildman–Crippen LogP) is 2.23. The van der Waals surface area contributed by atoms with E-state index in [4.69, 9.17) is 4.74 Å². The van der Waals surface area contributed by atoms with E-state index in [1.54, 1.807) is 11.8 Å². The average Bonchev–Trinajstić information content (AvgIpc) is 2.61. The number of benzene rings is 1. The average molecular weight is 330 g/mol. The zero-order valence-electron chi connectivity index (χ0n) is 14.5. The monoisotopic (exact) mass is 330 g/mol. The van der Waals surface area contributed by atoms with Crippen LogP contribution in [0.5, 0.6) is 0 Å². The Hall–Kier alpha value is -1.88. The van der Waals surface area contributed by atoms with Crippen LogP contribution in [0.4, 0.5) is 0 Å². The topological polar surface area (TPSA) is 49.9 Å². The molecule has 3 rings (SSSR count). The maximum absolute atomic E-state index is 13.0. The van der Waals surface area contributed by atoms with E-state index < -0.39 is 0 Å². The number of hydrogen-bond acceptors (Lipinski definition) is 3. The molecule has 3 atom stereocenters. The quantitative estimate of drug-likeness (QED) is 0.835. The Labute approximate surface area is 143 Å². The molecular weight excluding hydrogens is 304 g/mol. The van der Waals surface area contributed by atoms with Gasteiger partial charge in [-0.25, -0.2) is 0 Å². The van der Waals surface area contributed by atoms with Crippen LogP contribution in [-0.2, 0) is 14.3 Å². The molecule has 2 saturated heterocycles. The standard InChI is InChI=1S/C19H26N2O3/c1-14-11-21(13-18(24-14)16-7-4-3-5-8-16)19(23)17-9-6-10-20(12-17)15(2)22/h3-5,7-8,14,17-18H,6,9-13H2,1-2H3. The second kappa shape index (κ2) is 7.34. The van der Waals surface area contributed by atoms with Crippen LogP contribution in [0.25, 0.3) is 0 Å². The molecule has 0 spiro atoms. The van der Waals surface area contributed by atoms with Gasteiger partial charge in [-0.3, -0.25) is 9.59 Å². The van der Waals surface area contributed by atoms with Crippen molar-refractivity contribution in [2.24, 2.45) is 5.92 Å². The number of carbonyl (C=O) groups excluding carboxylic acids is 2. The molecule has 0 aliphatic carbocycles. The van der Waals surface area contributed by atoms with E-state index in [1.165, 1.54) is 0 Å². The molecule has 2 aliphatic heterocycles. The first-order valence-corrected chi connectivity index (χ1v) is 8.79. The van der Waals surface area contributed by atoms with Crippen LogP contribution in [0.3, 0.4) is 0 Å². The van der Waals surface area contributed by atoms with Gasteiger partial charge in [0.1, 0.15) is 6.10 Å². The number of piperidine rings is 1. The van der Waals surface area contributed by atoms with Crippen LogP contribution in [-0.4, -0.2) is 53.9 Å². The molecule has 0 saturated carbocycles. The first kappa shape index (κ1) is 17.0. The highest BCUT2D eigenvalue weighted by Crippen LogP contribution is 2.27. The molecule has 130 valence electrons. The van der Waals surface area contributed by atoms with Crippen molar-refractivity contribution in [3.63, 3.8) is 0 Å². The predicted molar refractivity (Wildman–Crippen MR) is 91.3 cm³/mol. The molecule has 0 bridgehead atoms. The van der Waals surface area contributed by atoms with Gasteiger partial charge in [0.05, 0.1) is 18.6 Å². The van der Waals surface area contributed by atoms with Gasteiger partial charge < -0.3 is 14.5 Å². The Bertz CT molecular complexity index is 590. The molecule has 2 aliphatic rings. The van der Waals surface area contributed by atoms with E-state index in [9.17, 15) is 9.59 Å². The lowest BCUT2D eigenvalue weighted by Gasteiger charge is -2.40. The van der Waals surface area contributed by atoms with Crippen molar-refractivity contribution in [2.75, 3.05) is 26.2 Å². The molecule has 2 fully saturated rings. The molecule has 1 aromatic carbocycles. The van der Waals surface area contributed by atoms with Crippen LogP contribution in [0.15, 0.2) is 30.3 Å². The third-order valence-electron chi connectivity index (χ3n) is 4.96. The summed E-state index contributed by atoms with van der Waals surface area (Å²) in [5.74, 6) is 0.145. The van der Waals surface area contributed by atoms with Gasteiger partial charge in [0.25, 0.3) is 0 Å². The normalized spacial score (nSPS) is 27.8. The molecule has 24 heavy (non-hydrogen) atoms. The molecule has 3 unspecified atom stereocenters. The van der Waals surface area contributed by atoms with Gasteiger partial charge in [0.2, 0.25) is 11.8 Å². The molecular formula is C19H26N2O3. The first-order chi connectivity index (χ1) is 11.5. The summed E-state index contributed by atoms with van der Waals surface area (Å²) in [6.45, 7) is 6.12. The molecule has 0 N–H and O–H groups in total. The van der Waals surface area contributed by atoms with Crippen molar-refractivity contribution in [1.29, 1.82) is 0 Å². The molecule has 1 aromatic rings. The number of likely N-dealkylation sites (tertiary alicyclic amines) is 1. The maximum atomic E-state index is 13.0. The van der Waals surface area contributed by atoms with Gasteiger partial charge in [-0.1, -0.05) is 30.3 Å². The second-order valence-electron chi connectivity index (χ2n) is 6.89. The van der Waals surface area contributed by atoms with Crippen LogP contribution in [0.1, 0.15) is 38.4 Å². The molecule has 2 amide bonds. The summed E-state index contributed by atoms with van der Waals surface area (Å²) < 4.78 is 6.04. The molecule has 5 heteroatoms. The number of amides is 2. The van der Waals surface area contributed by atoms with Crippen LogP contribution in [0, 0.1) is 5.92 Å². The van der Waals surface area contributed by atoms with E-state index in [0.29, 0.717) is 19.6 Å². The first-order valence-electron chi connectivity index (χ1n) is 8.79. The van der Waals surface area contributed by atoms with E-state index in [1.807, 2.05) is 42.2 Å². The van der Waals surface area contributed by atoms with Crippen LogP contribution in [0.2, 0.25) is 0 Å². The van der Waals surface area contributed by atoms with Crippen LogP contribution < -0.4 is 0 Å². The van der Waals surface area contributed by atoms with Gasteiger partial charge in [0.15, 0.2) is 0 Å². The summed E-state index contributed by atoms with van der Waals surface area (Å²) in [5, 5.41) is 0. The fourth-order valence-corrected chi connectivity index (χ4v) is 3.71. The number of ether oxygens (including phenoxy) is 1. The third-order valence-corrected chi connectivity index (χ3v) is 4.96. The Balaban J connectivity index is 1.68. The van der Waals surface area contributed by atoms with E-state index >= 15 is 0 Å². The lowest BCUT2D eigenvalue weighted by Crippen LogP contribution is -2.51. The number of morpholine rings is 1. The summed E-state index contributed by atoms with van der Waals surface area (Å²) in [6.07, 6.45) is 1.70. The number of carbonyl (C=O) groups is 2. The van der Waals surface area contributed by atoms with Crippen molar-refractivity contribution in [1.82, 2.24) is 9.80 Å². The fraction of sp³-hybridized carbons (Fsp3) is 0.579. The lowest BCUT2D eigenvalue weighted by atomic mass is 9.95. The van der Waals surface area contributed by atoms with Crippen molar-refractivity contribution in [3.8, 4) is 0 Å². The molecule has 0 radical (unpaired) electrons.